The standard InChI is InChI=1S/C12H16N4O3S/c1-13-11-4-9(10(6-14-11)16(18)19)12(17)15-5-8-2-3-20-7-8/h4,6,8H,2-3,5,7H2,1H3,(H,13,14)(H,15,17). The van der Waals surface area contributed by atoms with Gasteiger partial charge in [0.1, 0.15) is 17.6 Å². The van der Waals surface area contributed by atoms with E-state index < -0.39 is 10.8 Å². The first-order chi connectivity index (χ1) is 9.61. The van der Waals surface area contributed by atoms with Crippen molar-refractivity contribution >= 4 is 29.2 Å². The van der Waals surface area contributed by atoms with Crippen molar-refractivity contribution in [2.24, 2.45) is 5.92 Å². The van der Waals surface area contributed by atoms with Crippen LogP contribution in [-0.2, 0) is 0 Å². The first-order valence-corrected chi connectivity index (χ1v) is 7.45. The summed E-state index contributed by atoms with van der Waals surface area (Å²) >= 11 is 1.86. The molecule has 0 aromatic carbocycles. The Kier molecular flexibility index (Phi) is 4.78. The van der Waals surface area contributed by atoms with Gasteiger partial charge in [0.25, 0.3) is 11.6 Å². The van der Waals surface area contributed by atoms with Gasteiger partial charge in [-0.2, -0.15) is 11.8 Å². The highest BCUT2D eigenvalue weighted by molar-refractivity contribution is 7.99. The first kappa shape index (κ1) is 14.6. The van der Waals surface area contributed by atoms with Crippen LogP contribution in [0.1, 0.15) is 16.8 Å². The lowest BCUT2D eigenvalue weighted by atomic mass is 10.1. The quantitative estimate of drug-likeness (QED) is 0.631. The summed E-state index contributed by atoms with van der Waals surface area (Å²) in [5, 5.41) is 16.5. The number of aromatic nitrogens is 1. The van der Waals surface area contributed by atoms with Gasteiger partial charge >= 0.3 is 0 Å². The van der Waals surface area contributed by atoms with Gasteiger partial charge in [-0.25, -0.2) is 4.98 Å². The van der Waals surface area contributed by atoms with Crippen molar-refractivity contribution in [1.82, 2.24) is 10.3 Å². The van der Waals surface area contributed by atoms with Gasteiger partial charge in [-0.05, 0) is 23.8 Å². The van der Waals surface area contributed by atoms with Crippen LogP contribution < -0.4 is 10.6 Å². The summed E-state index contributed by atoms with van der Waals surface area (Å²) in [5.41, 5.74) is -0.234. The van der Waals surface area contributed by atoms with E-state index in [0.29, 0.717) is 18.3 Å². The zero-order valence-corrected chi connectivity index (χ0v) is 11.9. The maximum atomic E-state index is 12.1. The Labute approximate surface area is 120 Å². The highest BCUT2D eigenvalue weighted by Crippen LogP contribution is 2.23. The first-order valence-electron chi connectivity index (χ1n) is 6.30. The van der Waals surface area contributed by atoms with Crippen molar-refractivity contribution < 1.29 is 9.72 Å². The fourth-order valence-electron chi connectivity index (χ4n) is 1.99. The third-order valence-electron chi connectivity index (χ3n) is 3.16. The summed E-state index contributed by atoms with van der Waals surface area (Å²) in [4.78, 5) is 26.3. The number of hydrogen-bond acceptors (Lipinski definition) is 6. The molecule has 1 aliphatic rings. The van der Waals surface area contributed by atoms with Crippen LogP contribution in [0.4, 0.5) is 11.5 Å². The van der Waals surface area contributed by atoms with E-state index in [4.69, 9.17) is 0 Å². The highest BCUT2D eigenvalue weighted by atomic mass is 32.2. The molecule has 1 aromatic rings. The minimum atomic E-state index is -0.591. The Morgan fingerprint density at radius 1 is 1.65 bits per heavy atom. The van der Waals surface area contributed by atoms with Gasteiger partial charge in [0.15, 0.2) is 0 Å². The Bertz CT molecular complexity index is 517. The predicted molar refractivity (Wildman–Crippen MR) is 78.2 cm³/mol. The summed E-state index contributed by atoms with van der Waals surface area (Å²) in [6, 6.07) is 1.40. The number of carbonyl (C=O) groups excluding carboxylic acids is 1. The molecule has 7 nitrogen and oxygen atoms in total. The van der Waals surface area contributed by atoms with E-state index in [1.807, 2.05) is 11.8 Å². The molecule has 1 fully saturated rings. The van der Waals surface area contributed by atoms with Crippen molar-refractivity contribution in [3.8, 4) is 0 Å². The predicted octanol–water partition coefficient (Wildman–Crippen LogP) is 1.51. The monoisotopic (exact) mass is 296 g/mol. The zero-order chi connectivity index (χ0) is 14.5. The second kappa shape index (κ2) is 6.56. The Balaban J connectivity index is 2.11. The van der Waals surface area contributed by atoms with E-state index >= 15 is 0 Å². The highest BCUT2D eigenvalue weighted by Gasteiger charge is 2.23. The average Bonchev–Trinajstić information content (AvgIpc) is 2.97. The molecule has 20 heavy (non-hydrogen) atoms. The molecule has 0 saturated carbocycles. The molecule has 1 atom stereocenters. The van der Waals surface area contributed by atoms with Crippen LogP contribution in [0.2, 0.25) is 0 Å². The largest absolute Gasteiger partial charge is 0.373 e. The lowest BCUT2D eigenvalue weighted by Gasteiger charge is -2.10. The molecular weight excluding hydrogens is 280 g/mol. The number of nitrogens with one attached hydrogen (secondary N) is 2. The van der Waals surface area contributed by atoms with Crippen LogP contribution in [0.15, 0.2) is 12.3 Å². The van der Waals surface area contributed by atoms with Crippen LogP contribution >= 0.6 is 11.8 Å². The lowest BCUT2D eigenvalue weighted by molar-refractivity contribution is -0.385. The Hall–Kier alpha value is -1.83. The number of carbonyl (C=O) groups is 1. The fraction of sp³-hybridized carbons (Fsp3) is 0.500. The molecule has 8 heteroatoms. The molecule has 1 saturated heterocycles. The lowest BCUT2D eigenvalue weighted by Crippen LogP contribution is -2.29. The molecule has 0 aliphatic carbocycles. The molecule has 1 aliphatic heterocycles. The van der Waals surface area contributed by atoms with E-state index in [0.717, 1.165) is 24.1 Å². The van der Waals surface area contributed by atoms with Crippen LogP contribution in [-0.4, -0.2) is 40.9 Å². The summed E-state index contributed by atoms with van der Waals surface area (Å²) in [5.74, 6) is 2.60. The number of thioether (sulfide) groups is 1. The average molecular weight is 296 g/mol. The Morgan fingerprint density at radius 2 is 2.45 bits per heavy atom. The van der Waals surface area contributed by atoms with Crippen LogP contribution in [0.25, 0.3) is 0 Å². The molecular formula is C12H16N4O3S. The van der Waals surface area contributed by atoms with Crippen molar-refractivity contribution in [3.05, 3.63) is 27.9 Å². The van der Waals surface area contributed by atoms with Crippen LogP contribution in [0.5, 0.6) is 0 Å². The molecule has 0 spiro atoms. The molecule has 2 heterocycles. The number of nitro groups is 1. The summed E-state index contributed by atoms with van der Waals surface area (Å²) in [7, 11) is 1.64. The zero-order valence-electron chi connectivity index (χ0n) is 11.1. The third-order valence-corrected chi connectivity index (χ3v) is 4.39. The number of anilines is 1. The van der Waals surface area contributed by atoms with Crippen LogP contribution in [0, 0.1) is 16.0 Å². The molecule has 1 aromatic heterocycles. The number of rotatable bonds is 5. The number of nitrogens with zero attached hydrogens (tertiary/aromatic N) is 2. The van der Waals surface area contributed by atoms with Crippen molar-refractivity contribution in [2.45, 2.75) is 6.42 Å². The molecule has 0 radical (unpaired) electrons. The van der Waals surface area contributed by atoms with Crippen molar-refractivity contribution in [2.75, 3.05) is 30.4 Å². The number of amides is 1. The van der Waals surface area contributed by atoms with E-state index in [-0.39, 0.29) is 11.3 Å². The third kappa shape index (κ3) is 3.38. The van der Waals surface area contributed by atoms with E-state index in [1.54, 1.807) is 7.05 Å². The minimum absolute atomic E-state index is 0.0417. The molecule has 1 unspecified atom stereocenters. The summed E-state index contributed by atoms with van der Waals surface area (Å²) in [6.07, 6.45) is 2.18. The smallest absolute Gasteiger partial charge is 0.300 e. The molecule has 2 N–H and O–H groups in total. The molecule has 2 rings (SSSR count). The van der Waals surface area contributed by atoms with Gasteiger partial charge in [-0.1, -0.05) is 0 Å². The van der Waals surface area contributed by atoms with E-state index in [9.17, 15) is 14.9 Å². The molecule has 108 valence electrons. The van der Waals surface area contributed by atoms with E-state index in [1.165, 1.54) is 6.07 Å². The van der Waals surface area contributed by atoms with Gasteiger partial charge in [-0.3, -0.25) is 14.9 Å². The molecule has 1 amide bonds. The van der Waals surface area contributed by atoms with E-state index in [2.05, 4.69) is 15.6 Å². The Morgan fingerprint density at radius 3 is 3.05 bits per heavy atom. The number of hydrogen-bond donors (Lipinski definition) is 2. The van der Waals surface area contributed by atoms with Crippen molar-refractivity contribution in [3.63, 3.8) is 0 Å². The second-order valence-electron chi connectivity index (χ2n) is 4.53. The number of pyridine rings is 1. The second-order valence-corrected chi connectivity index (χ2v) is 5.68. The summed E-state index contributed by atoms with van der Waals surface area (Å²) in [6.45, 7) is 0.556. The SMILES string of the molecule is CNc1cc(C(=O)NCC2CCSC2)c([N+](=O)[O-])cn1. The van der Waals surface area contributed by atoms with Crippen LogP contribution in [0.3, 0.4) is 0 Å². The topological polar surface area (TPSA) is 97.2 Å². The van der Waals surface area contributed by atoms with Gasteiger partial charge in [-0.15, -0.1) is 0 Å². The molecule has 0 bridgehead atoms. The minimum Gasteiger partial charge on any atom is -0.373 e. The normalized spacial score (nSPS) is 17.8. The summed E-state index contributed by atoms with van der Waals surface area (Å²) < 4.78 is 0. The maximum absolute atomic E-state index is 12.1. The van der Waals surface area contributed by atoms with Gasteiger partial charge in [0, 0.05) is 19.7 Å². The van der Waals surface area contributed by atoms with Gasteiger partial charge in [0.05, 0.1) is 4.92 Å². The van der Waals surface area contributed by atoms with Gasteiger partial charge in [0.2, 0.25) is 0 Å². The maximum Gasteiger partial charge on any atom is 0.300 e. The van der Waals surface area contributed by atoms with Crippen molar-refractivity contribution in [1.29, 1.82) is 0 Å². The van der Waals surface area contributed by atoms with Gasteiger partial charge < -0.3 is 10.6 Å². The fourth-order valence-corrected chi connectivity index (χ4v) is 3.27.